The van der Waals surface area contributed by atoms with Crippen molar-refractivity contribution >= 4 is 28.8 Å². The zero-order valence-electron chi connectivity index (χ0n) is 15.0. The van der Waals surface area contributed by atoms with E-state index < -0.39 is 11.5 Å². The molecule has 1 atom stereocenters. The van der Waals surface area contributed by atoms with E-state index in [1.54, 1.807) is 44.2 Å². The van der Waals surface area contributed by atoms with E-state index in [4.69, 9.17) is 14.6 Å². The van der Waals surface area contributed by atoms with Crippen LogP contribution in [0.15, 0.2) is 43.5 Å². The van der Waals surface area contributed by atoms with Crippen LogP contribution < -0.4 is 20.5 Å². The van der Waals surface area contributed by atoms with Gasteiger partial charge in [-0.25, -0.2) is 0 Å². The fraction of sp³-hybridized carbons (Fsp3) is 0.150. The van der Waals surface area contributed by atoms with Crippen LogP contribution in [0, 0.1) is 36.5 Å². The highest BCUT2D eigenvalue weighted by Crippen LogP contribution is 2.36. The van der Waals surface area contributed by atoms with E-state index in [1.807, 2.05) is 6.07 Å². The Bertz CT molecular complexity index is 1400. The number of allylic oxidation sites excluding steroid dienone is 1. The van der Waals surface area contributed by atoms with Crippen molar-refractivity contribution in [2.24, 2.45) is 5.73 Å². The van der Waals surface area contributed by atoms with Gasteiger partial charge in [0.2, 0.25) is 0 Å². The van der Waals surface area contributed by atoms with E-state index >= 15 is 0 Å². The number of rotatable bonds is 2. The Labute approximate surface area is 163 Å². The number of hydrogen-bond donors (Lipinski definition) is 1. The lowest BCUT2D eigenvalue weighted by Crippen LogP contribution is -2.38. The molecule has 0 amide bonds. The summed E-state index contributed by atoms with van der Waals surface area (Å²) in [4.78, 5) is 12.9. The van der Waals surface area contributed by atoms with Crippen molar-refractivity contribution < 1.29 is 8.83 Å². The molecule has 0 saturated heterocycles. The van der Waals surface area contributed by atoms with Crippen molar-refractivity contribution in [3.8, 4) is 12.1 Å². The SMILES string of the molecule is Cc1ccc(/C=c2/sc3n(c2=O)C(N)=C(C#N)[C@H](c2ccc(C)o2)C=3C#N)o1. The largest absolute Gasteiger partial charge is 0.465 e. The molecule has 7 nitrogen and oxygen atoms in total. The minimum absolute atomic E-state index is 0.00655. The zero-order chi connectivity index (χ0) is 20.0. The van der Waals surface area contributed by atoms with Crippen molar-refractivity contribution in [1.29, 1.82) is 10.5 Å². The number of nitrogens with two attached hydrogens (primary N) is 1. The Morgan fingerprint density at radius 2 is 1.79 bits per heavy atom. The van der Waals surface area contributed by atoms with E-state index in [1.165, 1.54) is 4.57 Å². The molecule has 138 valence electrons. The molecule has 28 heavy (non-hydrogen) atoms. The smallest absolute Gasteiger partial charge is 0.274 e. The van der Waals surface area contributed by atoms with Gasteiger partial charge in [-0.2, -0.15) is 10.5 Å². The quantitative estimate of drug-likeness (QED) is 0.710. The molecule has 0 spiro atoms. The van der Waals surface area contributed by atoms with Crippen LogP contribution in [0.4, 0.5) is 0 Å². The van der Waals surface area contributed by atoms with E-state index in [9.17, 15) is 15.3 Å². The predicted molar refractivity (Wildman–Crippen MR) is 103 cm³/mol. The topological polar surface area (TPSA) is 122 Å². The normalized spacial score (nSPS) is 16.8. The van der Waals surface area contributed by atoms with E-state index in [2.05, 4.69) is 6.07 Å². The highest BCUT2D eigenvalue weighted by molar-refractivity contribution is 7.07. The molecule has 4 rings (SSSR count). The molecule has 8 heteroatoms. The lowest BCUT2D eigenvalue weighted by Gasteiger charge is -2.20. The molecule has 1 aliphatic rings. The van der Waals surface area contributed by atoms with Gasteiger partial charge >= 0.3 is 0 Å². The van der Waals surface area contributed by atoms with Gasteiger partial charge in [-0.1, -0.05) is 0 Å². The predicted octanol–water partition coefficient (Wildman–Crippen LogP) is 1.66. The lowest BCUT2D eigenvalue weighted by atomic mass is 9.88. The standard InChI is InChI=1S/C20H14N4O3S/c1-10-3-5-12(26-10)7-16-19(25)24-18(23)13(8-21)17(14(9-22)20(24)28-16)15-6-4-11(2)27-15/h3-7,17H,23H2,1-2H3/b16-7+/t17-/m0/s1. The van der Waals surface area contributed by atoms with Crippen molar-refractivity contribution in [1.82, 2.24) is 4.57 Å². The Hall–Kier alpha value is -3.75. The Balaban J connectivity index is 2.07. The van der Waals surface area contributed by atoms with Crippen molar-refractivity contribution in [3.63, 3.8) is 0 Å². The van der Waals surface area contributed by atoms with Crippen LogP contribution in [0.1, 0.15) is 29.0 Å². The molecule has 3 aromatic rings. The number of hydrogen-bond acceptors (Lipinski definition) is 7. The molecule has 0 saturated carbocycles. The molecule has 4 heterocycles. The molecular weight excluding hydrogens is 376 g/mol. The van der Waals surface area contributed by atoms with Crippen molar-refractivity contribution in [3.05, 3.63) is 72.4 Å². The first-order valence-electron chi connectivity index (χ1n) is 8.35. The molecule has 2 N–H and O–H groups in total. The van der Waals surface area contributed by atoms with Gasteiger partial charge in [-0.05, 0) is 38.1 Å². The Morgan fingerprint density at radius 3 is 2.36 bits per heavy atom. The summed E-state index contributed by atoms with van der Waals surface area (Å²) >= 11 is 1.13. The third-order valence-corrected chi connectivity index (χ3v) is 5.58. The maximum Gasteiger partial charge on any atom is 0.274 e. The van der Waals surface area contributed by atoms with Crippen LogP contribution in [0.5, 0.6) is 0 Å². The van der Waals surface area contributed by atoms with Crippen LogP contribution in [-0.2, 0) is 0 Å². The molecular formula is C20H14N4O3S. The van der Waals surface area contributed by atoms with Gasteiger partial charge in [0.15, 0.2) is 0 Å². The van der Waals surface area contributed by atoms with Gasteiger partial charge in [-0.15, -0.1) is 11.3 Å². The summed E-state index contributed by atoms with van der Waals surface area (Å²) in [5.41, 5.74) is 6.15. The summed E-state index contributed by atoms with van der Waals surface area (Å²) in [6.45, 7) is 3.58. The molecule has 3 aromatic heterocycles. The van der Waals surface area contributed by atoms with Gasteiger partial charge in [0, 0.05) is 6.08 Å². The average Bonchev–Trinajstić information content (AvgIpc) is 3.35. The van der Waals surface area contributed by atoms with Crippen LogP contribution >= 0.6 is 11.3 Å². The zero-order valence-corrected chi connectivity index (χ0v) is 15.8. The third kappa shape index (κ3) is 2.59. The van der Waals surface area contributed by atoms with Crippen LogP contribution in [0.3, 0.4) is 0 Å². The summed E-state index contributed by atoms with van der Waals surface area (Å²) in [7, 11) is 0. The summed E-state index contributed by atoms with van der Waals surface area (Å²) in [5, 5.41) is 19.5. The Morgan fingerprint density at radius 1 is 1.11 bits per heavy atom. The number of furan rings is 2. The minimum atomic E-state index is -0.750. The molecule has 1 aliphatic heterocycles. The molecule has 0 aromatic carbocycles. The van der Waals surface area contributed by atoms with Gasteiger partial charge < -0.3 is 14.6 Å². The van der Waals surface area contributed by atoms with Crippen molar-refractivity contribution in [2.45, 2.75) is 19.8 Å². The fourth-order valence-electron chi connectivity index (χ4n) is 3.20. The maximum atomic E-state index is 12.9. The van der Waals surface area contributed by atoms with Gasteiger partial charge in [-0.3, -0.25) is 9.36 Å². The van der Waals surface area contributed by atoms with Crippen LogP contribution in [0.2, 0.25) is 0 Å². The second-order valence-electron chi connectivity index (χ2n) is 6.32. The van der Waals surface area contributed by atoms with Gasteiger partial charge in [0.1, 0.15) is 33.5 Å². The van der Waals surface area contributed by atoms with E-state index in [0.29, 0.717) is 26.5 Å². The highest BCUT2D eigenvalue weighted by Gasteiger charge is 2.34. The van der Waals surface area contributed by atoms with E-state index in [-0.39, 0.29) is 17.0 Å². The first-order chi connectivity index (χ1) is 13.4. The van der Waals surface area contributed by atoms with Gasteiger partial charge in [0.25, 0.3) is 5.56 Å². The molecule has 0 aliphatic carbocycles. The monoisotopic (exact) mass is 390 g/mol. The summed E-state index contributed by atoms with van der Waals surface area (Å²) in [6.07, 6.45) is 1.60. The molecule has 0 bridgehead atoms. The summed E-state index contributed by atoms with van der Waals surface area (Å²) in [5.74, 6) is 1.59. The maximum absolute atomic E-state index is 12.9. The minimum Gasteiger partial charge on any atom is -0.465 e. The van der Waals surface area contributed by atoms with Crippen molar-refractivity contribution in [2.75, 3.05) is 0 Å². The molecule has 0 radical (unpaired) electrons. The number of nitrogens with zero attached hydrogens (tertiary/aromatic N) is 3. The molecule has 0 fully saturated rings. The number of nitriles is 2. The lowest BCUT2D eigenvalue weighted by molar-refractivity contribution is 0.482. The number of thiazole rings is 1. The number of fused-ring (bicyclic) bond motifs is 1. The third-order valence-electron chi connectivity index (χ3n) is 4.47. The first kappa shape index (κ1) is 17.7. The second kappa shape index (κ2) is 6.45. The number of aryl methyl sites for hydroxylation is 2. The summed E-state index contributed by atoms with van der Waals surface area (Å²) in [6, 6.07) is 11.2. The van der Waals surface area contributed by atoms with Crippen LogP contribution in [0.25, 0.3) is 17.5 Å². The second-order valence-corrected chi connectivity index (χ2v) is 7.35. The van der Waals surface area contributed by atoms with Gasteiger partial charge in [0.05, 0.1) is 33.7 Å². The Kier molecular flexibility index (Phi) is 4.07. The van der Waals surface area contributed by atoms with E-state index in [0.717, 1.165) is 17.1 Å². The highest BCUT2D eigenvalue weighted by atomic mass is 32.1. The summed E-state index contributed by atoms with van der Waals surface area (Å²) < 4.78 is 13.1. The van der Waals surface area contributed by atoms with Crippen LogP contribution in [-0.4, -0.2) is 4.57 Å². The first-order valence-corrected chi connectivity index (χ1v) is 9.17. The fourth-order valence-corrected chi connectivity index (χ4v) is 4.31. The number of aromatic nitrogens is 1. The molecule has 0 unspecified atom stereocenters. The average molecular weight is 390 g/mol.